The Morgan fingerprint density at radius 2 is 2.13 bits per heavy atom. The number of nitrogens with zero attached hydrogens (tertiary/aromatic N) is 1. The van der Waals surface area contributed by atoms with Crippen molar-refractivity contribution in [2.24, 2.45) is 0 Å². The predicted octanol–water partition coefficient (Wildman–Crippen LogP) is 3.94. The number of carbonyl (C=O) groups is 1. The van der Waals surface area contributed by atoms with E-state index in [-0.39, 0.29) is 11.5 Å². The molecule has 0 unspecified atom stereocenters. The van der Waals surface area contributed by atoms with Crippen LogP contribution in [0.1, 0.15) is 12.5 Å². The topological polar surface area (TPSA) is 49.8 Å². The number of hydrogen-bond acceptors (Lipinski definition) is 5. The van der Waals surface area contributed by atoms with Crippen LogP contribution in [0, 0.1) is 0 Å². The second-order valence-electron chi connectivity index (χ2n) is 5.28. The first kappa shape index (κ1) is 15.5. The average molecular weight is 327 g/mol. The third-order valence-electron chi connectivity index (χ3n) is 3.52. The van der Waals surface area contributed by atoms with Crippen molar-refractivity contribution >= 4 is 23.2 Å². The van der Waals surface area contributed by atoms with E-state index in [1.54, 1.807) is 25.3 Å². The minimum atomic E-state index is 0.000158. The fourth-order valence-electron chi connectivity index (χ4n) is 2.49. The van der Waals surface area contributed by atoms with E-state index in [2.05, 4.69) is 0 Å². The molecule has 118 valence electrons. The van der Waals surface area contributed by atoms with Crippen molar-refractivity contribution in [3.8, 4) is 11.5 Å². The largest absolute Gasteiger partial charge is 0.508 e. The molecular formula is C18H17NO3S. The number of carbonyl (C=O) groups excluding carboxylic acids is 1. The lowest BCUT2D eigenvalue weighted by Gasteiger charge is -2.21. The molecule has 0 saturated heterocycles. The summed E-state index contributed by atoms with van der Waals surface area (Å²) in [6.07, 6.45) is 1.63. The summed E-state index contributed by atoms with van der Waals surface area (Å²) < 4.78 is 5.27. The van der Waals surface area contributed by atoms with Crippen LogP contribution in [0.25, 0.3) is 0 Å². The van der Waals surface area contributed by atoms with Gasteiger partial charge in [-0.25, -0.2) is 0 Å². The zero-order valence-electron chi connectivity index (χ0n) is 12.9. The van der Waals surface area contributed by atoms with Gasteiger partial charge >= 0.3 is 0 Å². The third-order valence-corrected chi connectivity index (χ3v) is 4.63. The molecule has 4 nitrogen and oxygen atoms in total. The van der Waals surface area contributed by atoms with E-state index < -0.39 is 0 Å². The first-order valence-electron chi connectivity index (χ1n) is 7.20. The molecule has 1 heterocycles. The standard InChI is InChI=1S/C18H17NO3S/c1-12(20)8-18-19(11-13-4-3-5-15(9-13)22-2)16-10-14(21)6-7-17(16)23-18/h3-10,21H,11H2,1-2H3. The number of allylic oxidation sites excluding steroid dienone is 1. The molecule has 0 atom stereocenters. The smallest absolute Gasteiger partial charge is 0.155 e. The maximum atomic E-state index is 11.5. The van der Waals surface area contributed by atoms with Crippen LogP contribution in [0.2, 0.25) is 0 Å². The molecule has 2 aromatic carbocycles. The summed E-state index contributed by atoms with van der Waals surface area (Å²) in [6.45, 7) is 2.14. The van der Waals surface area contributed by atoms with Gasteiger partial charge in [-0.05, 0) is 36.8 Å². The molecule has 1 aliphatic rings. The Labute approximate surface area is 139 Å². The lowest BCUT2D eigenvalue weighted by Crippen LogP contribution is -2.17. The van der Waals surface area contributed by atoms with Crippen molar-refractivity contribution in [3.05, 3.63) is 59.1 Å². The summed E-state index contributed by atoms with van der Waals surface area (Å²) in [6, 6.07) is 13.1. The number of thioether (sulfide) groups is 1. The van der Waals surface area contributed by atoms with Crippen LogP contribution in [0.3, 0.4) is 0 Å². The fourth-order valence-corrected chi connectivity index (χ4v) is 3.62. The number of hydrogen-bond donors (Lipinski definition) is 1. The van der Waals surface area contributed by atoms with Gasteiger partial charge in [-0.15, -0.1) is 0 Å². The minimum Gasteiger partial charge on any atom is -0.508 e. The van der Waals surface area contributed by atoms with E-state index in [0.717, 1.165) is 26.9 Å². The van der Waals surface area contributed by atoms with Crippen LogP contribution in [-0.2, 0) is 11.3 Å². The molecule has 0 bridgehead atoms. The zero-order chi connectivity index (χ0) is 16.4. The van der Waals surface area contributed by atoms with E-state index in [9.17, 15) is 9.90 Å². The van der Waals surface area contributed by atoms with Gasteiger partial charge in [-0.1, -0.05) is 23.9 Å². The SMILES string of the molecule is COc1cccc(CN2C(=CC(C)=O)Sc3ccc(O)cc32)c1. The van der Waals surface area contributed by atoms with E-state index in [0.29, 0.717) is 6.54 Å². The molecule has 0 spiro atoms. The first-order chi connectivity index (χ1) is 11.1. The second kappa shape index (κ2) is 6.38. The number of phenols is 1. The molecular weight excluding hydrogens is 310 g/mol. The minimum absolute atomic E-state index is 0.000158. The lowest BCUT2D eigenvalue weighted by atomic mass is 10.2. The highest BCUT2D eigenvalue weighted by Crippen LogP contribution is 2.47. The van der Waals surface area contributed by atoms with Gasteiger partial charge in [0.2, 0.25) is 0 Å². The number of aromatic hydroxyl groups is 1. The van der Waals surface area contributed by atoms with Gasteiger partial charge in [0.15, 0.2) is 5.78 Å². The highest BCUT2D eigenvalue weighted by molar-refractivity contribution is 8.03. The van der Waals surface area contributed by atoms with Crippen LogP contribution in [0.15, 0.2) is 58.5 Å². The van der Waals surface area contributed by atoms with E-state index in [1.165, 1.54) is 18.7 Å². The Morgan fingerprint density at radius 3 is 2.87 bits per heavy atom. The van der Waals surface area contributed by atoms with Crippen molar-refractivity contribution in [1.82, 2.24) is 0 Å². The van der Waals surface area contributed by atoms with Gasteiger partial charge in [0, 0.05) is 23.6 Å². The molecule has 0 fully saturated rings. The number of ether oxygens (including phenoxy) is 1. The monoisotopic (exact) mass is 327 g/mol. The van der Waals surface area contributed by atoms with E-state index in [1.807, 2.05) is 35.2 Å². The summed E-state index contributed by atoms with van der Waals surface area (Å²) in [7, 11) is 1.64. The average Bonchev–Trinajstić information content (AvgIpc) is 2.84. The molecule has 0 radical (unpaired) electrons. The molecule has 0 saturated carbocycles. The number of phenolic OH excluding ortho intramolecular Hbond substituents is 1. The summed E-state index contributed by atoms with van der Waals surface area (Å²) in [5, 5.41) is 10.7. The fraction of sp³-hybridized carbons (Fsp3) is 0.167. The van der Waals surface area contributed by atoms with Crippen LogP contribution < -0.4 is 9.64 Å². The zero-order valence-corrected chi connectivity index (χ0v) is 13.8. The molecule has 2 aromatic rings. The van der Waals surface area contributed by atoms with Gasteiger partial charge in [-0.2, -0.15) is 0 Å². The Bertz CT molecular complexity index is 786. The summed E-state index contributed by atoms with van der Waals surface area (Å²) >= 11 is 1.53. The van der Waals surface area contributed by atoms with Crippen LogP contribution in [0.5, 0.6) is 11.5 Å². The van der Waals surface area contributed by atoms with Crippen molar-refractivity contribution in [1.29, 1.82) is 0 Å². The lowest BCUT2D eigenvalue weighted by molar-refractivity contribution is -0.112. The van der Waals surface area contributed by atoms with Crippen molar-refractivity contribution < 1.29 is 14.6 Å². The van der Waals surface area contributed by atoms with Gasteiger partial charge in [0.1, 0.15) is 11.5 Å². The summed E-state index contributed by atoms with van der Waals surface area (Å²) in [4.78, 5) is 14.6. The molecule has 23 heavy (non-hydrogen) atoms. The second-order valence-corrected chi connectivity index (χ2v) is 6.35. The van der Waals surface area contributed by atoms with Crippen LogP contribution in [-0.4, -0.2) is 18.0 Å². The van der Waals surface area contributed by atoms with Crippen molar-refractivity contribution in [2.45, 2.75) is 18.4 Å². The number of benzene rings is 2. The third kappa shape index (κ3) is 3.35. The number of fused-ring (bicyclic) bond motifs is 1. The molecule has 0 amide bonds. The maximum Gasteiger partial charge on any atom is 0.155 e. The Balaban J connectivity index is 1.99. The van der Waals surface area contributed by atoms with Crippen LogP contribution in [0.4, 0.5) is 5.69 Å². The molecule has 1 aliphatic heterocycles. The first-order valence-corrected chi connectivity index (χ1v) is 8.02. The number of methoxy groups -OCH3 is 1. The highest BCUT2D eigenvalue weighted by atomic mass is 32.2. The van der Waals surface area contributed by atoms with E-state index in [4.69, 9.17) is 4.74 Å². The van der Waals surface area contributed by atoms with E-state index >= 15 is 0 Å². The molecule has 0 aromatic heterocycles. The molecule has 5 heteroatoms. The molecule has 3 rings (SSSR count). The van der Waals surface area contributed by atoms with Crippen LogP contribution >= 0.6 is 11.8 Å². The summed E-state index contributed by atoms with van der Waals surface area (Å²) in [5.41, 5.74) is 1.97. The van der Waals surface area contributed by atoms with Gasteiger partial charge in [0.25, 0.3) is 0 Å². The number of ketones is 1. The quantitative estimate of drug-likeness (QED) is 0.862. The Hall–Kier alpha value is -2.40. The van der Waals surface area contributed by atoms with Gasteiger partial charge in [0.05, 0.1) is 17.8 Å². The normalized spacial score (nSPS) is 14.9. The van der Waals surface area contributed by atoms with Gasteiger partial charge in [-0.3, -0.25) is 4.79 Å². The number of rotatable bonds is 4. The van der Waals surface area contributed by atoms with Crippen molar-refractivity contribution in [3.63, 3.8) is 0 Å². The summed E-state index contributed by atoms with van der Waals surface area (Å²) in [5.74, 6) is 1.01. The Morgan fingerprint density at radius 1 is 1.30 bits per heavy atom. The highest BCUT2D eigenvalue weighted by Gasteiger charge is 2.26. The molecule has 0 aliphatic carbocycles. The maximum absolute atomic E-state index is 11.5. The number of anilines is 1. The predicted molar refractivity (Wildman–Crippen MR) is 91.9 cm³/mol. The van der Waals surface area contributed by atoms with Crippen molar-refractivity contribution in [2.75, 3.05) is 12.0 Å². The Kier molecular flexibility index (Phi) is 4.30. The van der Waals surface area contributed by atoms with Gasteiger partial charge < -0.3 is 14.7 Å². The molecule has 1 N–H and O–H groups in total.